The molecule has 0 fully saturated rings. The van der Waals surface area contributed by atoms with Crippen LogP contribution in [0.2, 0.25) is 0 Å². The summed E-state index contributed by atoms with van der Waals surface area (Å²) in [4.78, 5) is 15.2. The first kappa shape index (κ1) is 18.0. The monoisotopic (exact) mass is 373 g/mol. The first-order chi connectivity index (χ1) is 13.5. The van der Waals surface area contributed by atoms with Gasteiger partial charge in [-0.25, -0.2) is 15.0 Å². The minimum absolute atomic E-state index is 0.530. The maximum atomic E-state index is 6.20. The summed E-state index contributed by atoms with van der Waals surface area (Å²) in [7, 11) is 3.65. The van der Waals surface area contributed by atoms with Crippen LogP contribution in [0, 0.1) is 6.92 Å². The predicted octanol–water partition coefficient (Wildman–Crippen LogP) is 2.96. The SMILES string of the molecule is COc1ccc([C@]2(c3cccc(-c4cncnc4)c3)CN(C)C(N)=N2)cc1C. The van der Waals surface area contributed by atoms with Gasteiger partial charge in [-0.05, 0) is 47.4 Å². The second-order valence-electron chi connectivity index (χ2n) is 7.08. The van der Waals surface area contributed by atoms with E-state index in [0.29, 0.717) is 12.5 Å². The number of likely N-dealkylation sites (N-methyl/N-ethyl adjacent to an activating group) is 1. The van der Waals surface area contributed by atoms with Crippen molar-refractivity contribution in [3.63, 3.8) is 0 Å². The third-order valence-corrected chi connectivity index (χ3v) is 5.27. The van der Waals surface area contributed by atoms with Crippen LogP contribution < -0.4 is 10.5 Å². The van der Waals surface area contributed by atoms with E-state index >= 15 is 0 Å². The van der Waals surface area contributed by atoms with Gasteiger partial charge in [0.1, 0.15) is 17.6 Å². The number of nitrogens with zero attached hydrogens (tertiary/aromatic N) is 4. The largest absolute Gasteiger partial charge is 0.496 e. The van der Waals surface area contributed by atoms with Crippen molar-refractivity contribution >= 4 is 5.96 Å². The fraction of sp³-hybridized carbons (Fsp3) is 0.227. The van der Waals surface area contributed by atoms with Gasteiger partial charge in [-0.1, -0.05) is 24.3 Å². The van der Waals surface area contributed by atoms with E-state index in [1.54, 1.807) is 7.11 Å². The average molecular weight is 373 g/mol. The topological polar surface area (TPSA) is 76.6 Å². The third-order valence-electron chi connectivity index (χ3n) is 5.27. The molecule has 0 radical (unpaired) electrons. The normalized spacial score (nSPS) is 18.8. The van der Waals surface area contributed by atoms with E-state index in [1.165, 1.54) is 6.33 Å². The molecule has 1 aliphatic heterocycles. The van der Waals surface area contributed by atoms with Crippen LogP contribution in [0.25, 0.3) is 11.1 Å². The number of guanidine groups is 1. The summed E-state index contributed by atoms with van der Waals surface area (Å²) in [5.41, 5.74) is 10.9. The van der Waals surface area contributed by atoms with Crippen molar-refractivity contribution in [2.75, 3.05) is 20.7 Å². The zero-order chi connectivity index (χ0) is 19.7. The van der Waals surface area contributed by atoms with E-state index in [-0.39, 0.29) is 0 Å². The highest BCUT2D eigenvalue weighted by Crippen LogP contribution is 2.40. The van der Waals surface area contributed by atoms with Crippen LogP contribution in [-0.2, 0) is 5.54 Å². The summed E-state index contributed by atoms with van der Waals surface area (Å²) < 4.78 is 5.44. The number of benzene rings is 2. The van der Waals surface area contributed by atoms with Crippen molar-refractivity contribution < 1.29 is 4.74 Å². The van der Waals surface area contributed by atoms with Crippen molar-refractivity contribution in [3.05, 3.63) is 77.9 Å². The minimum Gasteiger partial charge on any atom is -0.496 e. The molecule has 1 aromatic heterocycles. The lowest BCUT2D eigenvalue weighted by atomic mass is 9.82. The Hall–Kier alpha value is -3.41. The summed E-state index contributed by atoms with van der Waals surface area (Å²) in [6.45, 7) is 2.71. The molecular weight excluding hydrogens is 350 g/mol. The van der Waals surface area contributed by atoms with Gasteiger partial charge in [-0.2, -0.15) is 0 Å². The van der Waals surface area contributed by atoms with E-state index in [4.69, 9.17) is 15.5 Å². The number of hydrogen-bond acceptors (Lipinski definition) is 6. The molecule has 0 saturated carbocycles. The van der Waals surface area contributed by atoms with Gasteiger partial charge in [0.05, 0.1) is 13.7 Å². The number of ether oxygens (including phenoxy) is 1. The molecule has 0 bridgehead atoms. The second kappa shape index (κ2) is 6.96. The Morgan fingerprint density at radius 2 is 1.79 bits per heavy atom. The van der Waals surface area contributed by atoms with Crippen LogP contribution in [0.3, 0.4) is 0 Å². The van der Waals surface area contributed by atoms with E-state index in [1.807, 2.05) is 43.4 Å². The molecular formula is C22H23N5O. The van der Waals surface area contributed by atoms with Gasteiger partial charge in [0.25, 0.3) is 0 Å². The van der Waals surface area contributed by atoms with Crippen molar-refractivity contribution in [1.29, 1.82) is 0 Å². The molecule has 1 atom stereocenters. The van der Waals surface area contributed by atoms with Crippen molar-refractivity contribution in [2.24, 2.45) is 10.7 Å². The van der Waals surface area contributed by atoms with Gasteiger partial charge < -0.3 is 15.4 Å². The number of nitrogens with two attached hydrogens (primary N) is 1. The van der Waals surface area contributed by atoms with Crippen molar-refractivity contribution in [2.45, 2.75) is 12.5 Å². The zero-order valence-corrected chi connectivity index (χ0v) is 16.3. The number of aromatic nitrogens is 2. The van der Waals surface area contributed by atoms with Crippen molar-refractivity contribution in [3.8, 4) is 16.9 Å². The molecule has 142 valence electrons. The van der Waals surface area contributed by atoms with E-state index in [0.717, 1.165) is 33.6 Å². The molecule has 4 rings (SSSR count). The van der Waals surface area contributed by atoms with Crippen LogP contribution in [0.4, 0.5) is 0 Å². The Bertz CT molecular complexity index is 1030. The van der Waals surface area contributed by atoms with E-state index in [9.17, 15) is 0 Å². The van der Waals surface area contributed by atoms with Crippen LogP contribution in [0.5, 0.6) is 5.75 Å². The fourth-order valence-corrected chi connectivity index (χ4v) is 3.76. The Morgan fingerprint density at radius 3 is 2.43 bits per heavy atom. The lowest BCUT2D eigenvalue weighted by Crippen LogP contribution is -2.34. The Kier molecular flexibility index (Phi) is 4.47. The summed E-state index contributed by atoms with van der Waals surface area (Å²) in [5.74, 6) is 1.39. The molecule has 6 heteroatoms. The minimum atomic E-state index is -0.582. The first-order valence-electron chi connectivity index (χ1n) is 9.11. The average Bonchev–Trinajstić information content (AvgIpc) is 3.04. The Labute approximate surface area is 164 Å². The van der Waals surface area contributed by atoms with Crippen LogP contribution >= 0.6 is 0 Å². The lowest BCUT2D eigenvalue weighted by Gasteiger charge is -2.29. The standard InChI is InChI=1S/C22H23N5O/c1-15-9-19(7-8-20(15)28-3)22(13-27(2)21(23)26-22)18-6-4-5-16(10-18)17-11-24-14-25-12-17/h4-12,14H,13H2,1-3H3,(H2,23,26)/t22-/m1/s1. The Morgan fingerprint density at radius 1 is 1.04 bits per heavy atom. The molecule has 2 N–H and O–H groups in total. The highest BCUT2D eigenvalue weighted by molar-refractivity contribution is 5.82. The molecule has 0 unspecified atom stereocenters. The fourth-order valence-electron chi connectivity index (χ4n) is 3.76. The second-order valence-corrected chi connectivity index (χ2v) is 7.08. The smallest absolute Gasteiger partial charge is 0.192 e. The number of aryl methyl sites for hydroxylation is 1. The van der Waals surface area contributed by atoms with Gasteiger partial charge in [-0.15, -0.1) is 0 Å². The molecule has 28 heavy (non-hydrogen) atoms. The highest BCUT2D eigenvalue weighted by atomic mass is 16.5. The molecule has 0 amide bonds. The summed E-state index contributed by atoms with van der Waals surface area (Å²) in [6.07, 6.45) is 5.16. The third kappa shape index (κ3) is 2.97. The Balaban J connectivity index is 1.88. The highest BCUT2D eigenvalue weighted by Gasteiger charge is 2.41. The maximum absolute atomic E-state index is 6.20. The molecule has 0 spiro atoms. The first-order valence-corrected chi connectivity index (χ1v) is 9.11. The molecule has 0 aliphatic carbocycles. The number of aliphatic imine (C=N–C) groups is 1. The van der Waals surface area contributed by atoms with Gasteiger partial charge in [0, 0.05) is 25.0 Å². The molecule has 2 aromatic carbocycles. The summed E-state index contributed by atoms with van der Waals surface area (Å²) in [5, 5.41) is 0. The lowest BCUT2D eigenvalue weighted by molar-refractivity contribution is 0.409. The van der Waals surface area contributed by atoms with E-state index < -0.39 is 5.54 Å². The molecule has 3 aromatic rings. The quantitative estimate of drug-likeness (QED) is 0.761. The predicted molar refractivity (Wildman–Crippen MR) is 110 cm³/mol. The molecule has 0 saturated heterocycles. The zero-order valence-electron chi connectivity index (χ0n) is 16.3. The number of rotatable bonds is 4. The van der Waals surface area contributed by atoms with Gasteiger partial charge in [0.2, 0.25) is 0 Å². The maximum Gasteiger partial charge on any atom is 0.192 e. The molecule has 1 aliphatic rings. The van der Waals surface area contributed by atoms with Gasteiger partial charge in [0.15, 0.2) is 5.96 Å². The number of hydrogen-bond donors (Lipinski definition) is 1. The van der Waals surface area contributed by atoms with Crippen molar-refractivity contribution in [1.82, 2.24) is 14.9 Å². The van der Waals surface area contributed by atoms with Gasteiger partial charge in [-0.3, -0.25) is 0 Å². The number of methoxy groups -OCH3 is 1. The molecule has 6 nitrogen and oxygen atoms in total. The van der Waals surface area contributed by atoms with Crippen LogP contribution in [0.15, 0.2) is 66.2 Å². The van der Waals surface area contributed by atoms with E-state index in [2.05, 4.69) is 40.3 Å². The van der Waals surface area contributed by atoms with Gasteiger partial charge >= 0.3 is 0 Å². The summed E-state index contributed by atoms with van der Waals surface area (Å²) >= 11 is 0. The van der Waals surface area contributed by atoms with Crippen LogP contribution in [-0.4, -0.2) is 41.5 Å². The molecule has 2 heterocycles. The summed E-state index contributed by atoms with van der Waals surface area (Å²) in [6, 6.07) is 14.5. The van der Waals surface area contributed by atoms with Crippen LogP contribution in [0.1, 0.15) is 16.7 Å².